The van der Waals surface area contributed by atoms with Gasteiger partial charge in [0.15, 0.2) is 0 Å². The van der Waals surface area contributed by atoms with Gasteiger partial charge in [-0.3, -0.25) is 0 Å². The number of hydrogen-bond acceptors (Lipinski definition) is 2. The van der Waals surface area contributed by atoms with Gasteiger partial charge in [-0.15, -0.1) is 0 Å². The van der Waals surface area contributed by atoms with Crippen molar-refractivity contribution in [3.63, 3.8) is 0 Å². The zero-order chi connectivity index (χ0) is 14.5. The van der Waals surface area contributed by atoms with Crippen LogP contribution in [0, 0.1) is 0 Å². The smallest absolute Gasteiger partial charge is 0.0596 e. The molecule has 106 valence electrons. The number of halogens is 1. The van der Waals surface area contributed by atoms with Gasteiger partial charge in [0.05, 0.1) is 17.4 Å². The Morgan fingerprint density at radius 2 is 1.70 bits per heavy atom. The van der Waals surface area contributed by atoms with Gasteiger partial charge in [-0.05, 0) is 36.2 Å². The van der Waals surface area contributed by atoms with E-state index in [0.717, 1.165) is 17.1 Å². The second-order valence-corrected chi connectivity index (χ2v) is 5.50. The van der Waals surface area contributed by atoms with E-state index < -0.39 is 0 Å². The molecule has 0 saturated carbocycles. The second-order valence-electron chi connectivity index (χ2n) is 5.07. The van der Waals surface area contributed by atoms with E-state index in [1.165, 1.54) is 11.3 Å². The summed E-state index contributed by atoms with van der Waals surface area (Å²) in [7, 11) is 4.12. The fraction of sp³-hybridized carbons (Fsp3) is 0.294. The molecule has 0 fully saturated rings. The summed E-state index contributed by atoms with van der Waals surface area (Å²) in [5.74, 6) is 0. The number of benzene rings is 2. The number of nitrogens with one attached hydrogen (secondary N) is 1. The van der Waals surface area contributed by atoms with E-state index in [1.54, 1.807) is 0 Å². The molecule has 0 aliphatic heterocycles. The van der Waals surface area contributed by atoms with Crippen LogP contribution in [0.15, 0.2) is 48.5 Å². The first-order chi connectivity index (χ1) is 9.61. The van der Waals surface area contributed by atoms with Crippen LogP contribution in [-0.2, 0) is 0 Å². The van der Waals surface area contributed by atoms with E-state index in [9.17, 15) is 0 Å². The molecule has 0 spiro atoms. The van der Waals surface area contributed by atoms with Crippen molar-refractivity contribution in [3.8, 4) is 0 Å². The van der Waals surface area contributed by atoms with Crippen molar-refractivity contribution in [3.05, 3.63) is 59.1 Å². The summed E-state index contributed by atoms with van der Waals surface area (Å²) in [5, 5.41) is 4.40. The van der Waals surface area contributed by atoms with Crippen molar-refractivity contribution in [1.29, 1.82) is 0 Å². The summed E-state index contributed by atoms with van der Waals surface area (Å²) in [6.07, 6.45) is 1.02. The second kappa shape index (κ2) is 6.67. The Labute approximate surface area is 126 Å². The molecule has 1 unspecified atom stereocenters. The van der Waals surface area contributed by atoms with Crippen LogP contribution < -0.4 is 10.2 Å². The zero-order valence-corrected chi connectivity index (χ0v) is 13.0. The molecule has 2 aromatic carbocycles. The van der Waals surface area contributed by atoms with E-state index in [2.05, 4.69) is 67.6 Å². The van der Waals surface area contributed by atoms with E-state index in [4.69, 9.17) is 11.6 Å². The van der Waals surface area contributed by atoms with Crippen molar-refractivity contribution in [2.75, 3.05) is 24.3 Å². The highest BCUT2D eigenvalue weighted by molar-refractivity contribution is 6.30. The summed E-state index contributed by atoms with van der Waals surface area (Å²) in [6.45, 7) is 2.19. The molecule has 2 aromatic rings. The molecule has 0 heterocycles. The lowest BCUT2D eigenvalue weighted by molar-refractivity contribution is 0.749. The SMILES string of the molecule is CCC(Nc1ccccc1N(C)C)c1ccc(Cl)cc1. The van der Waals surface area contributed by atoms with Gasteiger partial charge in [0.1, 0.15) is 0 Å². The molecule has 0 bridgehead atoms. The standard InChI is InChI=1S/C17H21ClN2/c1-4-15(13-9-11-14(18)12-10-13)19-16-7-5-6-8-17(16)20(2)3/h5-12,15,19H,4H2,1-3H3. The molecule has 0 aliphatic carbocycles. The van der Waals surface area contributed by atoms with Crippen LogP contribution in [0.5, 0.6) is 0 Å². The molecule has 0 saturated heterocycles. The van der Waals surface area contributed by atoms with Crippen molar-refractivity contribution in [2.45, 2.75) is 19.4 Å². The van der Waals surface area contributed by atoms with E-state index in [0.29, 0.717) is 0 Å². The van der Waals surface area contributed by atoms with Gasteiger partial charge in [0.2, 0.25) is 0 Å². The predicted octanol–water partition coefficient (Wildman–Crippen LogP) is 4.97. The Kier molecular flexibility index (Phi) is 4.91. The maximum absolute atomic E-state index is 5.96. The van der Waals surface area contributed by atoms with Crippen molar-refractivity contribution < 1.29 is 0 Å². The van der Waals surface area contributed by atoms with E-state index >= 15 is 0 Å². The molecule has 0 amide bonds. The largest absolute Gasteiger partial charge is 0.377 e. The Morgan fingerprint density at radius 3 is 2.30 bits per heavy atom. The minimum Gasteiger partial charge on any atom is -0.377 e. The lowest BCUT2D eigenvalue weighted by atomic mass is 10.0. The van der Waals surface area contributed by atoms with Crippen LogP contribution in [0.3, 0.4) is 0 Å². The molecule has 0 radical (unpaired) electrons. The molecule has 2 rings (SSSR count). The molecular formula is C17H21ClN2. The van der Waals surface area contributed by atoms with Gasteiger partial charge >= 0.3 is 0 Å². The van der Waals surface area contributed by atoms with Crippen molar-refractivity contribution >= 4 is 23.0 Å². The Bertz CT molecular complexity index is 549. The van der Waals surface area contributed by atoms with Crippen LogP contribution in [0.2, 0.25) is 5.02 Å². The van der Waals surface area contributed by atoms with Crippen LogP contribution in [-0.4, -0.2) is 14.1 Å². The van der Waals surface area contributed by atoms with Gasteiger partial charge in [-0.2, -0.15) is 0 Å². The normalized spacial score (nSPS) is 12.0. The average molecular weight is 289 g/mol. The average Bonchev–Trinajstić information content (AvgIpc) is 2.46. The predicted molar refractivity (Wildman–Crippen MR) is 88.9 cm³/mol. The Balaban J connectivity index is 2.24. The molecule has 1 atom stereocenters. The third-order valence-electron chi connectivity index (χ3n) is 3.40. The first-order valence-electron chi connectivity index (χ1n) is 6.90. The van der Waals surface area contributed by atoms with Crippen LogP contribution in [0.4, 0.5) is 11.4 Å². The highest BCUT2D eigenvalue weighted by Gasteiger charge is 2.11. The van der Waals surface area contributed by atoms with Gasteiger partial charge in [0, 0.05) is 19.1 Å². The number of para-hydroxylation sites is 2. The molecule has 20 heavy (non-hydrogen) atoms. The fourth-order valence-electron chi connectivity index (χ4n) is 2.29. The monoisotopic (exact) mass is 288 g/mol. The molecule has 2 nitrogen and oxygen atoms in total. The van der Waals surface area contributed by atoms with Crippen LogP contribution in [0.25, 0.3) is 0 Å². The lowest BCUT2D eigenvalue weighted by Gasteiger charge is -2.23. The fourth-order valence-corrected chi connectivity index (χ4v) is 2.42. The number of anilines is 2. The highest BCUT2D eigenvalue weighted by atomic mass is 35.5. The minimum atomic E-state index is 0.286. The Morgan fingerprint density at radius 1 is 1.05 bits per heavy atom. The summed E-state index contributed by atoms with van der Waals surface area (Å²) >= 11 is 5.96. The third kappa shape index (κ3) is 3.45. The summed E-state index contributed by atoms with van der Waals surface area (Å²) in [4.78, 5) is 2.12. The van der Waals surface area contributed by atoms with Gasteiger partial charge in [-0.1, -0.05) is 42.8 Å². The molecule has 0 aliphatic rings. The first kappa shape index (κ1) is 14.7. The van der Waals surface area contributed by atoms with Crippen LogP contribution >= 0.6 is 11.6 Å². The summed E-state index contributed by atoms with van der Waals surface area (Å²) in [5.41, 5.74) is 3.60. The van der Waals surface area contributed by atoms with Gasteiger partial charge in [0.25, 0.3) is 0 Å². The molecular weight excluding hydrogens is 268 g/mol. The summed E-state index contributed by atoms with van der Waals surface area (Å²) in [6, 6.07) is 16.7. The number of rotatable bonds is 5. The van der Waals surface area contributed by atoms with E-state index in [-0.39, 0.29) is 6.04 Å². The molecule has 1 N–H and O–H groups in total. The maximum Gasteiger partial charge on any atom is 0.0596 e. The van der Waals surface area contributed by atoms with Crippen molar-refractivity contribution in [1.82, 2.24) is 0 Å². The minimum absolute atomic E-state index is 0.286. The first-order valence-corrected chi connectivity index (χ1v) is 7.28. The molecule has 0 aromatic heterocycles. The van der Waals surface area contributed by atoms with Gasteiger partial charge in [-0.25, -0.2) is 0 Å². The topological polar surface area (TPSA) is 15.3 Å². The van der Waals surface area contributed by atoms with E-state index in [1.807, 2.05) is 12.1 Å². The maximum atomic E-state index is 5.96. The molecule has 3 heteroatoms. The number of hydrogen-bond donors (Lipinski definition) is 1. The third-order valence-corrected chi connectivity index (χ3v) is 3.65. The van der Waals surface area contributed by atoms with Crippen molar-refractivity contribution in [2.24, 2.45) is 0 Å². The summed E-state index contributed by atoms with van der Waals surface area (Å²) < 4.78 is 0. The van der Waals surface area contributed by atoms with Crippen LogP contribution in [0.1, 0.15) is 24.9 Å². The highest BCUT2D eigenvalue weighted by Crippen LogP contribution is 2.29. The quantitative estimate of drug-likeness (QED) is 0.836. The Hall–Kier alpha value is -1.67. The lowest BCUT2D eigenvalue weighted by Crippen LogP contribution is -2.15. The number of nitrogens with zero attached hydrogens (tertiary/aromatic N) is 1. The zero-order valence-electron chi connectivity index (χ0n) is 12.2. The van der Waals surface area contributed by atoms with Gasteiger partial charge < -0.3 is 10.2 Å².